The lowest BCUT2D eigenvalue weighted by atomic mass is 10.0. The Balaban J connectivity index is 0.000000593. The Morgan fingerprint density at radius 2 is 1.43 bits per heavy atom. The summed E-state index contributed by atoms with van der Waals surface area (Å²) < 4.78 is 12.4. The molecular weight excluding hydrogens is 316 g/mol. The number of carbonyl (C=O) groups excluding carboxylic acids is 1. The number of carbonyl (C=O) groups is 1. The molecule has 2 aromatic rings. The number of benzene rings is 2. The van der Waals surface area contributed by atoms with Gasteiger partial charge in [0.25, 0.3) is 0 Å². The van der Waals surface area contributed by atoms with Crippen molar-refractivity contribution in [1.29, 1.82) is 0 Å². The van der Waals surface area contributed by atoms with Crippen molar-refractivity contribution in [3.63, 3.8) is 0 Å². The van der Waals surface area contributed by atoms with Gasteiger partial charge in [-0.15, -0.1) is 0 Å². The lowest BCUT2D eigenvalue weighted by molar-refractivity contribution is -0.445. The minimum absolute atomic E-state index is 0.131. The standard InChI is InChI=1S/C15H15NO2S.CH3NO2/c16-14(17)11-19(18)15(12-7-3-1-4-8-12)13-9-5-2-6-10-13;1-2(3)4/h1-10,15H,11H2,(H2,16,17);1H3. The molecule has 0 saturated heterocycles. The molecule has 122 valence electrons. The summed E-state index contributed by atoms with van der Waals surface area (Å²) in [7, 11) is -0.476. The number of hydrogen-bond donors (Lipinski definition) is 1. The molecule has 2 rings (SSSR count). The first-order valence-electron chi connectivity index (χ1n) is 6.75. The first-order valence-corrected chi connectivity index (χ1v) is 8.13. The first-order chi connectivity index (χ1) is 10.9. The fraction of sp³-hybridized carbons (Fsp3) is 0.188. The Morgan fingerprint density at radius 3 is 1.74 bits per heavy atom. The molecule has 0 bridgehead atoms. The highest BCUT2D eigenvalue weighted by Gasteiger charge is 2.22. The summed E-state index contributed by atoms with van der Waals surface area (Å²) in [5, 5.41) is 8.48. The Labute approximate surface area is 136 Å². The lowest BCUT2D eigenvalue weighted by Crippen LogP contribution is -2.23. The molecule has 1 unspecified atom stereocenters. The van der Waals surface area contributed by atoms with E-state index in [0.29, 0.717) is 0 Å². The van der Waals surface area contributed by atoms with Crippen molar-refractivity contribution in [3.05, 3.63) is 81.9 Å². The van der Waals surface area contributed by atoms with E-state index in [1.165, 1.54) is 0 Å². The molecule has 2 N–H and O–H groups in total. The van der Waals surface area contributed by atoms with Gasteiger partial charge < -0.3 is 5.73 Å². The number of nitrogens with zero attached hydrogens (tertiary/aromatic N) is 1. The van der Waals surface area contributed by atoms with E-state index < -0.39 is 21.6 Å². The van der Waals surface area contributed by atoms with E-state index >= 15 is 0 Å². The van der Waals surface area contributed by atoms with E-state index in [4.69, 9.17) is 15.8 Å². The zero-order valence-electron chi connectivity index (χ0n) is 12.6. The van der Waals surface area contributed by atoms with Gasteiger partial charge in [0.1, 0.15) is 5.75 Å². The van der Waals surface area contributed by atoms with Crippen molar-refractivity contribution in [3.8, 4) is 0 Å². The van der Waals surface area contributed by atoms with Gasteiger partial charge in [-0.05, 0) is 11.1 Å². The normalized spacial score (nSPS) is 11.2. The van der Waals surface area contributed by atoms with E-state index in [-0.39, 0.29) is 11.0 Å². The summed E-state index contributed by atoms with van der Waals surface area (Å²) in [6.07, 6.45) is 0. The van der Waals surface area contributed by atoms with E-state index in [2.05, 4.69) is 0 Å². The smallest absolute Gasteiger partial charge is 0.230 e. The average Bonchev–Trinajstić information content (AvgIpc) is 2.48. The fourth-order valence-electron chi connectivity index (χ4n) is 1.98. The zero-order valence-corrected chi connectivity index (χ0v) is 13.4. The second-order valence-corrected chi connectivity index (χ2v) is 6.15. The first kappa shape index (κ1) is 18.5. The minimum Gasteiger partial charge on any atom is -0.369 e. The van der Waals surface area contributed by atoms with Gasteiger partial charge in [0.05, 0.1) is 5.25 Å². The summed E-state index contributed by atoms with van der Waals surface area (Å²) in [5.74, 6) is -0.677. The van der Waals surface area contributed by atoms with Crippen LogP contribution in [-0.2, 0) is 15.6 Å². The van der Waals surface area contributed by atoms with Crippen molar-refractivity contribution in [2.45, 2.75) is 5.25 Å². The van der Waals surface area contributed by atoms with Gasteiger partial charge in [0.15, 0.2) is 7.05 Å². The van der Waals surface area contributed by atoms with Crippen LogP contribution >= 0.6 is 0 Å². The third kappa shape index (κ3) is 6.84. The highest BCUT2D eigenvalue weighted by molar-refractivity contribution is 7.86. The summed E-state index contributed by atoms with van der Waals surface area (Å²) in [5.41, 5.74) is 7.00. The van der Waals surface area contributed by atoms with Crippen molar-refractivity contribution >= 4 is 16.7 Å². The Hall–Kier alpha value is -2.54. The second-order valence-electron chi connectivity index (χ2n) is 4.63. The number of amides is 1. The maximum atomic E-state index is 12.4. The Morgan fingerprint density at radius 1 is 1.09 bits per heavy atom. The summed E-state index contributed by atoms with van der Waals surface area (Å²) >= 11 is 0. The number of primary amides is 1. The average molecular weight is 334 g/mol. The SMILES string of the molecule is C[N+](=O)[O-].NC(=O)CS(=O)C(c1ccccc1)c1ccccc1. The van der Waals surface area contributed by atoms with Crippen LogP contribution in [0, 0.1) is 10.1 Å². The predicted molar refractivity (Wildman–Crippen MR) is 89.8 cm³/mol. The maximum Gasteiger partial charge on any atom is 0.230 e. The zero-order chi connectivity index (χ0) is 17.2. The molecule has 0 aromatic heterocycles. The van der Waals surface area contributed by atoms with Crippen LogP contribution in [0.3, 0.4) is 0 Å². The van der Waals surface area contributed by atoms with Gasteiger partial charge in [-0.2, -0.15) is 0 Å². The number of hydrogen-bond acceptors (Lipinski definition) is 4. The molecule has 0 aliphatic carbocycles. The number of nitro groups is 1. The van der Waals surface area contributed by atoms with Crippen LogP contribution < -0.4 is 5.73 Å². The van der Waals surface area contributed by atoms with Gasteiger partial charge in [-0.25, -0.2) is 0 Å². The van der Waals surface area contributed by atoms with Crippen molar-refractivity contribution < 1.29 is 13.9 Å². The molecule has 0 aliphatic rings. The van der Waals surface area contributed by atoms with Gasteiger partial charge in [0, 0.05) is 15.7 Å². The van der Waals surface area contributed by atoms with E-state index in [1.807, 2.05) is 60.7 Å². The second kappa shape index (κ2) is 9.47. The van der Waals surface area contributed by atoms with Crippen molar-refractivity contribution in [2.75, 3.05) is 12.8 Å². The molecule has 1 amide bonds. The molecule has 0 radical (unpaired) electrons. The van der Waals surface area contributed by atoms with Gasteiger partial charge in [-0.1, -0.05) is 60.7 Å². The Kier molecular flexibility index (Phi) is 7.62. The van der Waals surface area contributed by atoms with Crippen LogP contribution in [0.2, 0.25) is 0 Å². The van der Waals surface area contributed by atoms with Crippen LogP contribution in [0.25, 0.3) is 0 Å². The molecule has 0 aliphatic heterocycles. The quantitative estimate of drug-likeness (QED) is 0.666. The van der Waals surface area contributed by atoms with Crippen LogP contribution in [0.1, 0.15) is 16.4 Å². The van der Waals surface area contributed by atoms with Crippen LogP contribution in [0.15, 0.2) is 60.7 Å². The number of rotatable bonds is 5. The molecular formula is C16H18N2O4S. The summed E-state index contributed by atoms with van der Waals surface area (Å²) in [6, 6.07) is 19.0. The minimum atomic E-state index is -1.36. The summed E-state index contributed by atoms with van der Waals surface area (Å²) in [6.45, 7) is 0. The molecule has 6 nitrogen and oxygen atoms in total. The van der Waals surface area contributed by atoms with Crippen LogP contribution in [0.5, 0.6) is 0 Å². The fourth-order valence-corrected chi connectivity index (χ4v) is 3.34. The van der Waals surface area contributed by atoms with Crippen LogP contribution in [0.4, 0.5) is 0 Å². The summed E-state index contributed by atoms with van der Waals surface area (Å²) in [4.78, 5) is 19.3. The molecule has 0 fully saturated rings. The molecule has 23 heavy (non-hydrogen) atoms. The molecule has 2 aromatic carbocycles. The molecule has 7 heteroatoms. The highest BCUT2D eigenvalue weighted by Crippen LogP contribution is 2.27. The van der Waals surface area contributed by atoms with Crippen LogP contribution in [-0.4, -0.2) is 27.8 Å². The van der Waals surface area contributed by atoms with E-state index in [1.54, 1.807) is 0 Å². The third-order valence-corrected chi connectivity index (χ3v) is 4.39. The van der Waals surface area contributed by atoms with Gasteiger partial charge in [0.2, 0.25) is 5.91 Å². The lowest BCUT2D eigenvalue weighted by Gasteiger charge is -2.16. The van der Waals surface area contributed by atoms with E-state index in [0.717, 1.165) is 18.2 Å². The largest absolute Gasteiger partial charge is 0.369 e. The van der Waals surface area contributed by atoms with Gasteiger partial charge in [-0.3, -0.25) is 19.1 Å². The maximum absolute atomic E-state index is 12.4. The van der Waals surface area contributed by atoms with Crippen molar-refractivity contribution in [1.82, 2.24) is 0 Å². The number of nitrogens with two attached hydrogens (primary N) is 1. The van der Waals surface area contributed by atoms with Gasteiger partial charge >= 0.3 is 0 Å². The molecule has 1 atom stereocenters. The molecule has 0 heterocycles. The van der Waals surface area contributed by atoms with Crippen molar-refractivity contribution in [2.24, 2.45) is 5.73 Å². The molecule has 0 saturated carbocycles. The third-order valence-electron chi connectivity index (χ3n) is 2.75. The Bertz CT molecular complexity index is 619. The van der Waals surface area contributed by atoms with E-state index in [9.17, 15) is 9.00 Å². The topological polar surface area (TPSA) is 103 Å². The monoisotopic (exact) mass is 334 g/mol. The molecule has 0 spiro atoms. The predicted octanol–water partition coefficient (Wildman–Crippen LogP) is 1.90. The highest BCUT2D eigenvalue weighted by atomic mass is 32.2.